The molecule has 4 nitrogen and oxygen atoms in total. The molecule has 2 aromatic heterocycles. The Bertz CT molecular complexity index is 809. The molecular formula is C14H14N4S2. The third-order valence-corrected chi connectivity index (χ3v) is 4.75. The minimum Gasteiger partial charge on any atom is -0.303 e. The highest BCUT2D eigenvalue weighted by atomic mass is 32.1. The van der Waals surface area contributed by atoms with Crippen molar-refractivity contribution in [2.45, 2.75) is 13.8 Å². The molecule has 0 bridgehead atoms. The highest BCUT2D eigenvalue weighted by Crippen LogP contribution is 2.34. The van der Waals surface area contributed by atoms with Gasteiger partial charge in [0.2, 0.25) is 0 Å². The largest absolute Gasteiger partial charge is 0.303 e. The van der Waals surface area contributed by atoms with E-state index in [2.05, 4.69) is 46.4 Å². The number of thiazole rings is 1. The number of hydrogen-bond donors (Lipinski definition) is 1. The van der Waals surface area contributed by atoms with Crippen molar-refractivity contribution >= 4 is 23.6 Å². The van der Waals surface area contributed by atoms with Gasteiger partial charge < -0.3 is 4.57 Å². The number of hydrogen-bond acceptors (Lipinski definition) is 4. The highest BCUT2D eigenvalue weighted by molar-refractivity contribution is 7.71. The first kappa shape index (κ1) is 13.2. The highest BCUT2D eigenvalue weighted by Gasteiger charge is 2.15. The fourth-order valence-corrected chi connectivity index (χ4v) is 3.20. The molecule has 0 unspecified atom stereocenters. The van der Waals surface area contributed by atoms with E-state index in [0.717, 1.165) is 27.0 Å². The second-order valence-electron chi connectivity index (χ2n) is 4.71. The Labute approximate surface area is 126 Å². The maximum atomic E-state index is 5.16. The van der Waals surface area contributed by atoms with Crippen LogP contribution in [-0.2, 0) is 7.05 Å². The first-order chi connectivity index (χ1) is 9.56. The van der Waals surface area contributed by atoms with E-state index in [0.29, 0.717) is 4.77 Å². The summed E-state index contributed by atoms with van der Waals surface area (Å²) in [6.07, 6.45) is 0. The number of H-pyrrole nitrogens is 1. The summed E-state index contributed by atoms with van der Waals surface area (Å²) in [6, 6.07) is 8.39. The maximum Gasteiger partial charge on any atom is 0.195 e. The lowest BCUT2D eigenvalue weighted by atomic mass is 10.2. The Kier molecular flexibility index (Phi) is 3.27. The van der Waals surface area contributed by atoms with E-state index in [4.69, 9.17) is 12.2 Å². The summed E-state index contributed by atoms with van der Waals surface area (Å²) in [5.41, 5.74) is 3.35. The predicted octanol–water partition coefficient (Wildman–Crippen LogP) is 3.89. The van der Waals surface area contributed by atoms with Crippen molar-refractivity contribution in [3.8, 4) is 21.3 Å². The fraction of sp³-hybridized carbons (Fsp3) is 0.214. The van der Waals surface area contributed by atoms with Crippen LogP contribution in [0, 0.1) is 18.6 Å². The van der Waals surface area contributed by atoms with Gasteiger partial charge in [-0.2, -0.15) is 5.10 Å². The van der Waals surface area contributed by atoms with Gasteiger partial charge in [0.1, 0.15) is 5.01 Å². The molecule has 0 atom stereocenters. The summed E-state index contributed by atoms with van der Waals surface area (Å²) in [5, 5.41) is 8.10. The second kappa shape index (κ2) is 4.96. The predicted molar refractivity (Wildman–Crippen MR) is 84.4 cm³/mol. The SMILES string of the molecule is Cc1ccc(-c2nc(C)c(-c3n[nH]c(=S)n3C)s2)cc1. The van der Waals surface area contributed by atoms with Crippen LogP contribution >= 0.6 is 23.6 Å². The van der Waals surface area contributed by atoms with Gasteiger partial charge in [-0.25, -0.2) is 4.98 Å². The molecular weight excluding hydrogens is 288 g/mol. The average molecular weight is 302 g/mol. The topological polar surface area (TPSA) is 46.5 Å². The normalized spacial score (nSPS) is 10.9. The zero-order valence-corrected chi connectivity index (χ0v) is 13.1. The van der Waals surface area contributed by atoms with Crippen LogP contribution in [0.2, 0.25) is 0 Å². The quantitative estimate of drug-likeness (QED) is 0.731. The molecule has 6 heteroatoms. The van der Waals surface area contributed by atoms with Crippen molar-refractivity contribution in [3.05, 3.63) is 40.3 Å². The summed E-state index contributed by atoms with van der Waals surface area (Å²) in [5.74, 6) is 0.836. The molecule has 0 saturated heterocycles. The zero-order chi connectivity index (χ0) is 14.3. The van der Waals surface area contributed by atoms with E-state index in [1.807, 2.05) is 18.5 Å². The Hall–Kier alpha value is -1.79. The van der Waals surface area contributed by atoms with Crippen molar-refractivity contribution in [3.63, 3.8) is 0 Å². The number of benzene rings is 1. The first-order valence-electron chi connectivity index (χ1n) is 6.22. The lowest BCUT2D eigenvalue weighted by Gasteiger charge is -1.97. The van der Waals surface area contributed by atoms with E-state index >= 15 is 0 Å². The zero-order valence-electron chi connectivity index (χ0n) is 11.5. The summed E-state index contributed by atoms with van der Waals surface area (Å²) >= 11 is 6.80. The van der Waals surface area contributed by atoms with Crippen LogP contribution < -0.4 is 0 Å². The van der Waals surface area contributed by atoms with E-state index in [-0.39, 0.29) is 0 Å². The van der Waals surface area contributed by atoms with Gasteiger partial charge in [-0.3, -0.25) is 5.10 Å². The standard InChI is InChI=1S/C14H14N4S2/c1-8-4-6-10(7-5-8)13-15-9(2)11(20-13)12-16-17-14(19)18(12)3/h4-7H,1-3H3,(H,17,19). The first-order valence-corrected chi connectivity index (χ1v) is 7.45. The summed E-state index contributed by atoms with van der Waals surface area (Å²) in [4.78, 5) is 5.71. The minimum atomic E-state index is 0.615. The number of nitrogens with one attached hydrogen (secondary N) is 1. The van der Waals surface area contributed by atoms with Crippen molar-refractivity contribution in [1.29, 1.82) is 0 Å². The number of nitrogens with zero attached hydrogens (tertiary/aromatic N) is 3. The minimum absolute atomic E-state index is 0.615. The van der Waals surface area contributed by atoms with E-state index in [9.17, 15) is 0 Å². The number of rotatable bonds is 2. The molecule has 1 aromatic carbocycles. The molecule has 0 aliphatic heterocycles. The monoisotopic (exact) mass is 302 g/mol. The number of aromatic nitrogens is 4. The van der Waals surface area contributed by atoms with Crippen molar-refractivity contribution in [2.24, 2.45) is 7.05 Å². The molecule has 3 aromatic rings. The smallest absolute Gasteiger partial charge is 0.195 e. The molecule has 0 aliphatic rings. The van der Waals surface area contributed by atoms with E-state index in [1.165, 1.54) is 5.56 Å². The van der Waals surface area contributed by atoms with Gasteiger partial charge in [0, 0.05) is 12.6 Å². The lowest BCUT2D eigenvalue weighted by Crippen LogP contribution is -1.91. The van der Waals surface area contributed by atoms with Crippen LogP contribution in [0.1, 0.15) is 11.3 Å². The van der Waals surface area contributed by atoms with Gasteiger partial charge in [0.05, 0.1) is 10.6 Å². The summed E-state index contributed by atoms with van der Waals surface area (Å²) in [7, 11) is 1.91. The Balaban J connectivity index is 2.10. The molecule has 1 N–H and O–H groups in total. The van der Waals surface area contributed by atoms with E-state index in [1.54, 1.807) is 11.3 Å². The molecule has 3 rings (SSSR count). The van der Waals surface area contributed by atoms with Gasteiger partial charge in [-0.15, -0.1) is 11.3 Å². The summed E-state index contributed by atoms with van der Waals surface area (Å²) in [6.45, 7) is 4.08. The molecule has 102 valence electrons. The molecule has 0 spiro atoms. The van der Waals surface area contributed by atoms with Gasteiger partial charge in [-0.05, 0) is 26.1 Å². The van der Waals surface area contributed by atoms with Crippen LogP contribution in [0.25, 0.3) is 21.3 Å². The van der Waals surface area contributed by atoms with Crippen LogP contribution in [0.15, 0.2) is 24.3 Å². The maximum absolute atomic E-state index is 5.16. The van der Waals surface area contributed by atoms with Crippen LogP contribution in [0.5, 0.6) is 0 Å². The number of aromatic amines is 1. The third kappa shape index (κ3) is 2.21. The second-order valence-corrected chi connectivity index (χ2v) is 6.10. The van der Waals surface area contributed by atoms with Crippen LogP contribution in [0.3, 0.4) is 0 Å². The Morgan fingerprint density at radius 2 is 1.90 bits per heavy atom. The van der Waals surface area contributed by atoms with Gasteiger partial charge in [0.15, 0.2) is 10.6 Å². The fourth-order valence-electron chi connectivity index (χ4n) is 1.97. The van der Waals surface area contributed by atoms with Gasteiger partial charge >= 0.3 is 0 Å². The Morgan fingerprint density at radius 1 is 1.20 bits per heavy atom. The number of aryl methyl sites for hydroxylation is 2. The van der Waals surface area contributed by atoms with Crippen molar-refractivity contribution < 1.29 is 0 Å². The van der Waals surface area contributed by atoms with Gasteiger partial charge in [-0.1, -0.05) is 29.8 Å². The Morgan fingerprint density at radius 3 is 2.50 bits per heavy atom. The lowest BCUT2D eigenvalue weighted by molar-refractivity contribution is 0.902. The molecule has 2 heterocycles. The summed E-state index contributed by atoms with van der Waals surface area (Å²) < 4.78 is 2.49. The molecule has 0 saturated carbocycles. The molecule has 0 radical (unpaired) electrons. The van der Waals surface area contributed by atoms with E-state index < -0.39 is 0 Å². The van der Waals surface area contributed by atoms with Gasteiger partial charge in [0.25, 0.3) is 0 Å². The van der Waals surface area contributed by atoms with Crippen molar-refractivity contribution in [1.82, 2.24) is 19.7 Å². The van der Waals surface area contributed by atoms with Crippen LogP contribution in [-0.4, -0.2) is 19.7 Å². The molecule has 0 fully saturated rings. The van der Waals surface area contributed by atoms with Crippen molar-refractivity contribution in [2.75, 3.05) is 0 Å². The third-order valence-electron chi connectivity index (χ3n) is 3.18. The average Bonchev–Trinajstić information content (AvgIpc) is 2.95. The molecule has 0 amide bonds. The molecule has 0 aliphatic carbocycles. The molecule has 20 heavy (non-hydrogen) atoms. The van der Waals surface area contributed by atoms with Crippen LogP contribution in [0.4, 0.5) is 0 Å².